The van der Waals surface area contributed by atoms with E-state index in [9.17, 15) is 4.79 Å². The van der Waals surface area contributed by atoms with Crippen molar-refractivity contribution in [3.8, 4) is 0 Å². The van der Waals surface area contributed by atoms with Crippen LogP contribution in [0.2, 0.25) is 0 Å². The standard InChI is InChI=1S/C6H6BNO2S/c1-10-5(9)2-4-6(7)11-3-8-4/h3H,2H2,1H3. The zero-order valence-electron chi connectivity index (χ0n) is 6.03. The third-order valence-electron chi connectivity index (χ3n) is 1.21. The molecule has 0 atom stereocenters. The summed E-state index contributed by atoms with van der Waals surface area (Å²) in [6, 6.07) is 0. The number of ether oxygens (including phenoxy) is 1. The van der Waals surface area contributed by atoms with Crippen LogP contribution in [0.5, 0.6) is 0 Å². The van der Waals surface area contributed by atoms with E-state index >= 15 is 0 Å². The SMILES string of the molecule is [B]c1scnc1CC(=O)OC. The van der Waals surface area contributed by atoms with E-state index in [1.54, 1.807) is 5.51 Å². The lowest BCUT2D eigenvalue weighted by Gasteiger charge is -1.95. The fourth-order valence-corrected chi connectivity index (χ4v) is 1.17. The number of esters is 1. The summed E-state index contributed by atoms with van der Waals surface area (Å²) >= 11 is 1.32. The Kier molecular flexibility index (Phi) is 2.65. The molecule has 56 valence electrons. The minimum absolute atomic E-state index is 0.159. The number of hydrogen-bond donors (Lipinski definition) is 0. The summed E-state index contributed by atoms with van der Waals surface area (Å²) in [5.41, 5.74) is 2.20. The summed E-state index contributed by atoms with van der Waals surface area (Å²) in [6.45, 7) is 0. The molecule has 0 spiro atoms. The molecule has 0 aliphatic rings. The topological polar surface area (TPSA) is 39.2 Å². The van der Waals surface area contributed by atoms with E-state index in [2.05, 4.69) is 9.72 Å². The Balaban J connectivity index is 2.64. The maximum absolute atomic E-state index is 10.7. The summed E-state index contributed by atoms with van der Waals surface area (Å²) in [5.74, 6) is -0.317. The monoisotopic (exact) mass is 167 g/mol. The number of nitrogens with zero attached hydrogens (tertiary/aromatic N) is 1. The molecule has 0 saturated carbocycles. The van der Waals surface area contributed by atoms with E-state index in [1.165, 1.54) is 18.4 Å². The van der Waals surface area contributed by atoms with Gasteiger partial charge in [-0.25, -0.2) is 4.98 Å². The van der Waals surface area contributed by atoms with Gasteiger partial charge in [-0.05, 0) is 4.78 Å². The first kappa shape index (κ1) is 8.26. The highest BCUT2D eigenvalue weighted by molar-refractivity contribution is 7.18. The van der Waals surface area contributed by atoms with Gasteiger partial charge < -0.3 is 4.74 Å². The van der Waals surface area contributed by atoms with Gasteiger partial charge in [0, 0.05) is 0 Å². The fraction of sp³-hybridized carbons (Fsp3) is 0.333. The van der Waals surface area contributed by atoms with Gasteiger partial charge in [-0.2, -0.15) is 0 Å². The molecule has 2 radical (unpaired) electrons. The van der Waals surface area contributed by atoms with Crippen LogP contribution in [0.4, 0.5) is 0 Å². The molecule has 11 heavy (non-hydrogen) atoms. The van der Waals surface area contributed by atoms with Crippen LogP contribution in [0.15, 0.2) is 5.51 Å². The second-order valence-corrected chi connectivity index (χ2v) is 2.80. The molecule has 0 aliphatic carbocycles. The van der Waals surface area contributed by atoms with Crippen molar-refractivity contribution in [2.45, 2.75) is 6.42 Å². The van der Waals surface area contributed by atoms with Crippen LogP contribution in [-0.2, 0) is 16.0 Å². The van der Waals surface area contributed by atoms with Crippen LogP contribution in [0.3, 0.4) is 0 Å². The van der Waals surface area contributed by atoms with Gasteiger partial charge in [-0.3, -0.25) is 4.79 Å². The Morgan fingerprint density at radius 3 is 3.09 bits per heavy atom. The minimum atomic E-state index is -0.317. The number of rotatable bonds is 2. The highest BCUT2D eigenvalue weighted by Crippen LogP contribution is 1.97. The van der Waals surface area contributed by atoms with Gasteiger partial charge in [0.1, 0.15) is 7.85 Å². The van der Waals surface area contributed by atoms with E-state index in [4.69, 9.17) is 7.85 Å². The van der Waals surface area contributed by atoms with Crippen LogP contribution in [0.25, 0.3) is 0 Å². The lowest BCUT2D eigenvalue weighted by atomic mass is 10.0. The highest BCUT2D eigenvalue weighted by atomic mass is 32.1. The first-order valence-electron chi connectivity index (χ1n) is 2.98. The summed E-state index contributed by atoms with van der Waals surface area (Å²) < 4.78 is 5.03. The van der Waals surface area contributed by atoms with Gasteiger partial charge in [0.2, 0.25) is 0 Å². The summed E-state index contributed by atoms with van der Waals surface area (Å²) in [4.78, 5) is 14.6. The molecule has 0 bridgehead atoms. The summed E-state index contributed by atoms with van der Waals surface area (Å²) in [6.07, 6.45) is 0.159. The van der Waals surface area contributed by atoms with Crippen molar-refractivity contribution in [2.24, 2.45) is 0 Å². The van der Waals surface area contributed by atoms with Crippen LogP contribution in [-0.4, -0.2) is 25.9 Å². The minimum Gasteiger partial charge on any atom is -0.469 e. The zero-order chi connectivity index (χ0) is 8.27. The van der Waals surface area contributed by atoms with Gasteiger partial charge in [-0.15, -0.1) is 11.3 Å². The molecule has 0 saturated heterocycles. The van der Waals surface area contributed by atoms with E-state index in [-0.39, 0.29) is 12.4 Å². The molecule has 0 fully saturated rings. The van der Waals surface area contributed by atoms with Gasteiger partial charge in [0.05, 0.1) is 24.7 Å². The van der Waals surface area contributed by atoms with Gasteiger partial charge >= 0.3 is 5.97 Å². The second-order valence-electron chi connectivity index (χ2n) is 1.92. The number of carbonyl (C=O) groups is 1. The molecule has 3 nitrogen and oxygen atoms in total. The fourth-order valence-electron chi connectivity index (χ4n) is 0.620. The van der Waals surface area contributed by atoms with Crippen molar-refractivity contribution in [3.05, 3.63) is 11.2 Å². The molecule has 0 aromatic carbocycles. The molecule has 0 unspecified atom stereocenters. The van der Waals surface area contributed by atoms with Crippen LogP contribution in [0.1, 0.15) is 5.69 Å². The van der Waals surface area contributed by atoms with Crippen molar-refractivity contribution in [2.75, 3.05) is 7.11 Å². The van der Waals surface area contributed by atoms with Crippen molar-refractivity contribution < 1.29 is 9.53 Å². The van der Waals surface area contributed by atoms with Crippen LogP contribution < -0.4 is 4.78 Å². The maximum atomic E-state index is 10.7. The number of thiazole rings is 1. The lowest BCUT2D eigenvalue weighted by Crippen LogP contribution is -2.12. The van der Waals surface area contributed by atoms with Crippen molar-refractivity contribution in [3.63, 3.8) is 0 Å². The molecule has 1 aromatic rings. The predicted octanol–water partition coefficient (Wildman–Crippen LogP) is -0.348. The smallest absolute Gasteiger partial charge is 0.311 e. The van der Waals surface area contributed by atoms with Gasteiger partial charge in [-0.1, -0.05) is 0 Å². The van der Waals surface area contributed by atoms with E-state index in [0.717, 1.165) is 0 Å². The molecule has 0 N–H and O–H groups in total. The molecule has 0 amide bonds. The summed E-state index contributed by atoms with van der Waals surface area (Å²) in [7, 11) is 6.83. The Morgan fingerprint density at radius 2 is 2.64 bits per heavy atom. The number of hydrogen-bond acceptors (Lipinski definition) is 4. The molecule has 1 heterocycles. The average Bonchev–Trinajstić information content (AvgIpc) is 2.37. The molecule has 0 aliphatic heterocycles. The first-order valence-corrected chi connectivity index (χ1v) is 3.86. The average molecular weight is 167 g/mol. The highest BCUT2D eigenvalue weighted by Gasteiger charge is 2.06. The quantitative estimate of drug-likeness (QED) is 0.446. The molecular formula is C6H6BNO2S. The van der Waals surface area contributed by atoms with Gasteiger partial charge in [0.25, 0.3) is 0 Å². The molecule has 1 rings (SSSR count). The van der Waals surface area contributed by atoms with Crippen LogP contribution in [0, 0.1) is 0 Å². The normalized spacial score (nSPS) is 9.55. The maximum Gasteiger partial charge on any atom is 0.311 e. The van der Waals surface area contributed by atoms with E-state index in [1.807, 2.05) is 0 Å². The Morgan fingerprint density at radius 1 is 1.91 bits per heavy atom. The zero-order valence-corrected chi connectivity index (χ0v) is 6.85. The van der Waals surface area contributed by atoms with Crippen molar-refractivity contribution >= 4 is 29.9 Å². The van der Waals surface area contributed by atoms with E-state index < -0.39 is 0 Å². The molecule has 1 aromatic heterocycles. The third-order valence-corrected chi connectivity index (χ3v) is 1.91. The number of aromatic nitrogens is 1. The molecule has 5 heteroatoms. The Bertz CT molecular complexity index is 261. The summed E-state index contributed by atoms with van der Waals surface area (Å²) in [5, 5.41) is 0. The van der Waals surface area contributed by atoms with Gasteiger partial charge in [0.15, 0.2) is 0 Å². The largest absolute Gasteiger partial charge is 0.469 e. The predicted molar refractivity (Wildman–Crippen MR) is 43.2 cm³/mol. The number of methoxy groups -OCH3 is 1. The third kappa shape index (κ3) is 2.05. The second kappa shape index (κ2) is 3.53. The number of carbonyl (C=O) groups excluding carboxylic acids is 1. The van der Waals surface area contributed by atoms with E-state index in [0.29, 0.717) is 10.5 Å². The van der Waals surface area contributed by atoms with Crippen LogP contribution >= 0.6 is 11.3 Å². The lowest BCUT2D eigenvalue weighted by molar-refractivity contribution is -0.139. The first-order chi connectivity index (χ1) is 5.24. The molecular weight excluding hydrogens is 161 g/mol. The Hall–Kier alpha value is -0.835. The van der Waals surface area contributed by atoms with Crippen molar-refractivity contribution in [1.82, 2.24) is 4.98 Å². The van der Waals surface area contributed by atoms with Crippen molar-refractivity contribution in [1.29, 1.82) is 0 Å². The Labute approximate surface area is 69.8 Å².